The summed E-state index contributed by atoms with van der Waals surface area (Å²) in [5.74, 6) is 0.439. The van der Waals surface area contributed by atoms with Crippen LogP contribution in [0.2, 0.25) is 0 Å². The Morgan fingerprint density at radius 3 is 2.33 bits per heavy atom. The molecule has 1 amide bonds. The Morgan fingerprint density at radius 1 is 1.00 bits per heavy atom. The van der Waals surface area contributed by atoms with Crippen LogP contribution in [0.25, 0.3) is 0 Å². The highest BCUT2D eigenvalue weighted by molar-refractivity contribution is 5.83. The van der Waals surface area contributed by atoms with Gasteiger partial charge in [0, 0.05) is 38.3 Å². The van der Waals surface area contributed by atoms with Crippen LogP contribution in [0, 0.1) is 0 Å². The number of amides is 1. The SMILES string of the molecule is COc1ccc(Cn2ncc(N[C@@H](C)CO[C@@H]3CCN([C@@H]4CCN(c5ccc(C(F)(F)F)cn5)C[C@@H]4O)C3=O)c(C(F)(F)F)c2=O)cc1. The summed E-state index contributed by atoms with van der Waals surface area (Å²) in [7, 11) is 1.47. The number of hydrogen-bond acceptors (Lipinski definition) is 9. The third-order valence-corrected chi connectivity index (χ3v) is 8.30. The minimum atomic E-state index is -4.98. The number of likely N-dealkylation sites (tertiary alicyclic amines) is 1. The highest BCUT2D eigenvalue weighted by Gasteiger charge is 2.42. The van der Waals surface area contributed by atoms with Crippen molar-refractivity contribution in [3.8, 4) is 5.75 Å². The molecule has 3 aromatic rings. The third-order valence-electron chi connectivity index (χ3n) is 8.30. The van der Waals surface area contributed by atoms with E-state index in [9.17, 15) is 41.0 Å². The lowest BCUT2D eigenvalue weighted by Gasteiger charge is -2.40. The van der Waals surface area contributed by atoms with Crippen LogP contribution in [-0.2, 0) is 28.4 Å². The zero-order valence-corrected chi connectivity index (χ0v) is 26.0. The van der Waals surface area contributed by atoms with Crippen molar-refractivity contribution < 1.29 is 45.7 Å². The molecule has 0 radical (unpaired) electrons. The number of nitrogens with zero attached hydrogens (tertiary/aromatic N) is 5. The van der Waals surface area contributed by atoms with E-state index in [0.717, 1.165) is 23.1 Å². The van der Waals surface area contributed by atoms with Gasteiger partial charge in [0.05, 0.1) is 49.9 Å². The Balaban J connectivity index is 1.16. The van der Waals surface area contributed by atoms with Gasteiger partial charge in [-0.1, -0.05) is 12.1 Å². The van der Waals surface area contributed by atoms with E-state index in [1.807, 2.05) is 0 Å². The highest BCUT2D eigenvalue weighted by atomic mass is 19.4. The molecule has 0 unspecified atom stereocenters. The van der Waals surface area contributed by atoms with Crippen molar-refractivity contribution in [1.29, 1.82) is 0 Å². The molecule has 17 heteroatoms. The Morgan fingerprint density at radius 2 is 1.73 bits per heavy atom. The Labute approximate surface area is 271 Å². The number of pyridine rings is 1. The Hall–Kier alpha value is -4.38. The number of nitrogens with one attached hydrogen (secondary N) is 1. The van der Waals surface area contributed by atoms with Gasteiger partial charge in [0.15, 0.2) is 0 Å². The van der Waals surface area contributed by atoms with Gasteiger partial charge in [-0.3, -0.25) is 9.59 Å². The number of carbonyl (C=O) groups excluding carboxylic acids is 1. The van der Waals surface area contributed by atoms with E-state index in [4.69, 9.17) is 9.47 Å². The predicted molar refractivity (Wildman–Crippen MR) is 161 cm³/mol. The summed E-state index contributed by atoms with van der Waals surface area (Å²) in [6, 6.07) is 7.30. The molecule has 48 heavy (non-hydrogen) atoms. The lowest BCUT2D eigenvalue weighted by atomic mass is 10.00. The summed E-state index contributed by atoms with van der Waals surface area (Å²) in [6.07, 6.45) is -9.12. The number of methoxy groups -OCH3 is 1. The van der Waals surface area contributed by atoms with Crippen molar-refractivity contribution in [3.63, 3.8) is 0 Å². The molecule has 11 nitrogen and oxygen atoms in total. The smallest absolute Gasteiger partial charge is 0.423 e. The molecule has 2 saturated heterocycles. The fraction of sp³-hybridized carbons (Fsp3) is 0.484. The first-order chi connectivity index (χ1) is 22.7. The highest BCUT2D eigenvalue weighted by Crippen LogP contribution is 2.33. The number of benzene rings is 1. The quantitative estimate of drug-likeness (QED) is 0.308. The van der Waals surface area contributed by atoms with Crippen molar-refractivity contribution in [2.24, 2.45) is 0 Å². The third kappa shape index (κ3) is 7.84. The maximum absolute atomic E-state index is 14.0. The van der Waals surface area contributed by atoms with Crippen LogP contribution in [0.15, 0.2) is 53.6 Å². The van der Waals surface area contributed by atoms with Crippen molar-refractivity contribution >= 4 is 17.4 Å². The van der Waals surface area contributed by atoms with E-state index in [1.165, 1.54) is 25.0 Å². The molecular formula is C31H34F6N6O5. The first-order valence-corrected chi connectivity index (χ1v) is 15.1. The van der Waals surface area contributed by atoms with E-state index < -0.39 is 59.0 Å². The predicted octanol–water partition coefficient (Wildman–Crippen LogP) is 3.79. The van der Waals surface area contributed by atoms with Crippen LogP contribution in [-0.4, -0.2) is 88.3 Å². The van der Waals surface area contributed by atoms with Gasteiger partial charge in [-0.15, -0.1) is 0 Å². The average molecular weight is 685 g/mol. The molecule has 2 aromatic heterocycles. The monoisotopic (exact) mass is 684 g/mol. The summed E-state index contributed by atoms with van der Waals surface area (Å²) >= 11 is 0. The van der Waals surface area contributed by atoms with Crippen molar-refractivity contribution in [2.45, 2.75) is 63.0 Å². The van der Waals surface area contributed by atoms with Gasteiger partial charge in [0.25, 0.3) is 11.5 Å². The Bertz CT molecular complexity index is 1630. The summed E-state index contributed by atoms with van der Waals surface area (Å²) in [5, 5.41) is 17.4. The number of carbonyl (C=O) groups is 1. The molecule has 4 heterocycles. The van der Waals surface area contributed by atoms with Gasteiger partial charge >= 0.3 is 12.4 Å². The summed E-state index contributed by atoms with van der Waals surface area (Å²) in [5.41, 5.74) is -3.59. The molecule has 2 aliphatic heterocycles. The van der Waals surface area contributed by atoms with Gasteiger partial charge in [-0.2, -0.15) is 31.4 Å². The van der Waals surface area contributed by atoms with E-state index in [-0.39, 0.29) is 44.4 Å². The Kier molecular flexibility index (Phi) is 10.2. The number of hydrogen-bond donors (Lipinski definition) is 2. The minimum Gasteiger partial charge on any atom is -0.497 e. The fourth-order valence-electron chi connectivity index (χ4n) is 5.85. The van der Waals surface area contributed by atoms with E-state index >= 15 is 0 Å². The number of piperidine rings is 1. The standard InChI is InChI=1S/C31H34F6N6O5/c1-18(40-22-14-39-43(29(46)27(22)31(35,36)37)15-19-3-6-21(47-2)7-4-19)17-48-25-10-12-42(28(25)45)23-9-11-41(16-24(23)44)26-8-5-20(13-38-26)30(32,33)34/h3-8,13-14,18,23-25,40,44H,9-12,15-17H2,1-2H3/t18-,23+,24-,25+/m0/s1. The summed E-state index contributed by atoms with van der Waals surface area (Å²) in [6.45, 7) is 1.84. The number of aromatic nitrogens is 3. The molecule has 2 aliphatic rings. The molecule has 2 N–H and O–H groups in total. The van der Waals surface area contributed by atoms with Crippen molar-refractivity contribution in [1.82, 2.24) is 19.7 Å². The topological polar surface area (TPSA) is 122 Å². The number of rotatable bonds is 10. The minimum absolute atomic E-state index is 0.0493. The maximum atomic E-state index is 14.0. The molecule has 5 rings (SSSR count). The van der Waals surface area contributed by atoms with Crippen molar-refractivity contribution in [2.75, 3.05) is 43.6 Å². The largest absolute Gasteiger partial charge is 0.497 e. The van der Waals surface area contributed by atoms with Crippen LogP contribution < -0.4 is 20.5 Å². The van der Waals surface area contributed by atoms with Gasteiger partial charge < -0.3 is 29.7 Å². The second-order valence-electron chi connectivity index (χ2n) is 11.7. The number of β-amino-alcohol motifs (C(OH)–C–C–N with tert-alkyl or cyclic N) is 1. The number of ether oxygens (including phenoxy) is 2. The maximum Gasteiger partial charge on any atom is 0.423 e. The number of anilines is 2. The molecule has 2 fully saturated rings. The van der Waals surface area contributed by atoms with Gasteiger partial charge in [0.2, 0.25) is 0 Å². The lowest BCUT2D eigenvalue weighted by molar-refractivity contribution is -0.141. The molecule has 4 atom stereocenters. The second kappa shape index (κ2) is 14.0. The molecular weight excluding hydrogens is 650 g/mol. The van der Waals surface area contributed by atoms with Crippen LogP contribution in [0.4, 0.5) is 37.8 Å². The first kappa shape index (κ1) is 34.9. The first-order valence-electron chi connectivity index (χ1n) is 15.1. The number of aliphatic hydroxyl groups is 1. The average Bonchev–Trinajstić information content (AvgIpc) is 3.40. The summed E-state index contributed by atoms with van der Waals surface area (Å²) in [4.78, 5) is 33.1. The van der Waals surface area contributed by atoms with Crippen LogP contribution >= 0.6 is 0 Å². The molecule has 1 aromatic carbocycles. The zero-order valence-electron chi connectivity index (χ0n) is 26.0. The van der Waals surface area contributed by atoms with Crippen molar-refractivity contribution in [3.05, 3.63) is 75.8 Å². The van der Waals surface area contributed by atoms with Crippen LogP contribution in [0.5, 0.6) is 5.75 Å². The summed E-state index contributed by atoms with van der Waals surface area (Å²) < 4.78 is 92.3. The van der Waals surface area contributed by atoms with E-state index in [0.29, 0.717) is 24.3 Å². The van der Waals surface area contributed by atoms with Gasteiger partial charge in [0.1, 0.15) is 23.2 Å². The molecule has 0 bridgehead atoms. The molecule has 0 spiro atoms. The fourth-order valence-corrected chi connectivity index (χ4v) is 5.85. The second-order valence-corrected chi connectivity index (χ2v) is 11.7. The lowest BCUT2D eigenvalue weighted by Crippen LogP contribution is -2.55. The van der Waals surface area contributed by atoms with Gasteiger partial charge in [-0.05, 0) is 43.2 Å². The molecule has 0 aliphatic carbocycles. The van der Waals surface area contributed by atoms with E-state index in [2.05, 4.69) is 15.4 Å². The molecule has 260 valence electrons. The number of aliphatic hydroxyl groups excluding tert-OH is 1. The normalized spacial score (nSPS) is 21.0. The van der Waals surface area contributed by atoms with Crippen LogP contribution in [0.3, 0.4) is 0 Å². The van der Waals surface area contributed by atoms with Gasteiger partial charge in [-0.25, -0.2) is 9.67 Å². The molecule has 0 saturated carbocycles. The zero-order chi connectivity index (χ0) is 34.8. The van der Waals surface area contributed by atoms with Crippen LogP contribution in [0.1, 0.15) is 36.5 Å². The van der Waals surface area contributed by atoms with E-state index in [1.54, 1.807) is 29.2 Å². The number of alkyl halides is 6. The number of halogens is 6.